The zero-order chi connectivity index (χ0) is 21.5. The molecule has 2 aliphatic carbocycles. The highest BCUT2D eigenvalue weighted by atomic mass is 32.2. The number of aliphatic hydroxyl groups excluding tert-OH is 2. The van der Waals surface area contributed by atoms with Crippen molar-refractivity contribution in [3.05, 3.63) is 0 Å². The number of hydrogen-bond donors (Lipinski definition) is 4. The second-order valence-electron chi connectivity index (χ2n) is 8.30. The van der Waals surface area contributed by atoms with Crippen LogP contribution in [0.1, 0.15) is 65.2 Å². The fraction of sp³-hybridized carbons (Fsp3) is 1.00. The summed E-state index contributed by atoms with van der Waals surface area (Å²) in [5.41, 5.74) is 0.389. The van der Waals surface area contributed by atoms with Gasteiger partial charge < -0.3 is 10.2 Å². The third-order valence-corrected chi connectivity index (χ3v) is 5.50. The van der Waals surface area contributed by atoms with E-state index in [4.69, 9.17) is 9.11 Å². The van der Waals surface area contributed by atoms with Gasteiger partial charge in [-0.1, -0.05) is 13.8 Å². The number of aliphatic hydroxyl groups is 2. The quantitative estimate of drug-likeness (QED) is 0.485. The third kappa shape index (κ3) is 14.4. The van der Waals surface area contributed by atoms with Crippen LogP contribution in [0.2, 0.25) is 0 Å². The van der Waals surface area contributed by atoms with Crippen molar-refractivity contribution >= 4 is 20.2 Å². The van der Waals surface area contributed by atoms with Gasteiger partial charge in [0.1, 0.15) is 0 Å². The lowest BCUT2D eigenvalue weighted by molar-refractivity contribution is 0.00233. The van der Waals surface area contributed by atoms with E-state index in [1.54, 1.807) is 0 Å². The molecule has 0 atom stereocenters. The van der Waals surface area contributed by atoms with E-state index in [0.29, 0.717) is 17.9 Å². The minimum absolute atomic E-state index is 0.0461. The van der Waals surface area contributed by atoms with Gasteiger partial charge in [-0.05, 0) is 68.6 Å². The summed E-state index contributed by atoms with van der Waals surface area (Å²) in [7, 11) is -7.33. The Bertz CT molecular complexity index is 541. The molecule has 27 heavy (non-hydrogen) atoms. The van der Waals surface area contributed by atoms with Crippen LogP contribution >= 0.6 is 0 Å². The molecule has 0 saturated heterocycles. The molecule has 2 saturated carbocycles. The standard InChI is InChI=1S/C15H28O2.2CH4O3S/c1-15(2,11-3-7-13(16)8-4-11)12-5-9-14(17)10-6-12;2*1-5(2,3)4/h11-14,16-17H,3-10H2,1-2H3;2*1H3,(H,2,3,4). The molecule has 0 heterocycles. The van der Waals surface area contributed by atoms with E-state index >= 15 is 0 Å². The molecule has 0 spiro atoms. The molecule has 0 unspecified atom stereocenters. The van der Waals surface area contributed by atoms with Gasteiger partial charge in [0, 0.05) is 0 Å². The molecule has 0 bridgehead atoms. The highest BCUT2D eigenvalue weighted by Gasteiger charge is 2.39. The van der Waals surface area contributed by atoms with Crippen LogP contribution in [0, 0.1) is 17.3 Å². The first-order chi connectivity index (χ1) is 12.0. The molecule has 0 radical (unpaired) electrons. The van der Waals surface area contributed by atoms with Crippen LogP contribution in [0.25, 0.3) is 0 Å². The largest absolute Gasteiger partial charge is 0.393 e. The molecule has 2 aliphatic rings. The van der Waals surface area contributed by atoms with E-state index in [-0.39, 0.29) is 12.2 Å². The van der Waals surface area contributed by atoms with Crippen LogP contribution in [0.5, 0.6) is 0 Å². The average molecular weight is 433 g/mol. The lowest BCUT2D eigenvalue weighted by Gasteiger charge is -2.46. The molecule has 4 N–H and O–H groups in total. The maximum atomic E-state index is 9.60. The molecule has 0 aliphatic heterocycles. The summed E-state index contributed by atoms with van der Waals surface area (Å²) >= 11 is 0. The van der Waals surface area contributed by atoms with Gasteiger partial charge in [0.2, 0.25) is 0 Å². The van der Waals surface area contributed by atoms with Crippen molar-refractivity contribution in [2.45, 2.75) is 77.4 Å². The molecule has 164 valence electrons. The van der Waals surface area contributed by atoms with Crippen molar-refractivity contribution < 1.29 is 36.2 Å². The second-order valence-corrected chi connectivity index (χ2v) is 11.2. The maximum Gasteiger partial charge on any atom is 0.261 e. The molecule has 2 rings (SSSR count). The van der Waals surface area contributed by atoms with Crippen molar-refractivity contribution in [1.29, 1.82) is 0 Å². The Morgan fingerprint density at radius 1 is 0.630 bits per heavy atom. The Hall–Kier alpha value is -0.260. The Morgan fingerprint density at radius 3 is 1.00 bits per heavy atom. The minimum atomic E-state index is -3.67. The Morgan fingerprint density at radius 2 is 0.815 bits per heavy atom. The van der Waals surface area contributed by atoms with Crippen LogP contribution in [0.4, 0.5) is 0 Å². The fourth-order valence-electron chi connectivity index (χ4n) is 3.97. The molecule has 0 aromatic carbocycles. The predicted octanol–water partition coefficient (Wildman–Crippen LogP) is 2.12. The third-order valence-electron chi connectivity index (χ3n) is 5.50. The van der Waals surface area contributed by atoms with Crippen molar-refractivity contribution in [1.82, 2.24) is 0 Å². The van der Waals surface area contributed by atoms with Gasteiger partial charge >= 0.3 is 0 Å². The molecule has 2 fully saturated rings. The van der Waals surface area contributed by atoms with Crippen molar-refractivity contribution in [3.63, 3.8) is 0 Å². The van der Waals surface area contributed by atoms with Gasteiger partial charge in [0.15, 0.2) is 0 Å². The lowest BCUT2D eigenvalue weighted by Crippen LogP contribution is -2.38. The van der Waals surface area contributed by atoms with Crippen LogP contribution in [0.15, 0.2) is 0 Å². The fourth-order valence-corrected chi connectivity index (χ4v) is 3.97. The molecule has 0 aromatic heterocycles. The zero-order valence-electron chi connectivity index (χ0n) is 16.7. The van der Waals surface area contributed by atoms with Gasteiger partial charge in [0.05, 0.1) is 24.7 Å². The van der Waals surface area contributed by atoms with Gasteiger partial charge in [-0.15, -0.1) is 0 Å². The average Bonchev–Trinajstić information content (AvgIpc) is 2.44. The smallest absolute Gasteiger partial charge is 0.261 e. The highest BCUT2D eigenvalue weighted by molar-refractivity contribution is 7.85. The van der Waals surface area contributed by atoms with E-state index in [2.05, 4.69) is 13.8 Å². The summed E-state index contributed by atoms with van der Waals surface area (Å²) in [6.07, 6.45) is 10.0. The summed E-state index contributed by atoms with van der Waals surface area (Å²) in [5.74, 6) is 1.54. The molecule has 0 amide bonds. The second kappa shape index (κ2) is 11.1. The van der Waals surface area contributed by atoms with Crippen LogP contribution in [0.3, 0.4) is 0 Å². The summed E-state index contributed by atoms with van der Waals surface area (Å²) in [6, 6.07) is 0. The van der Waals surface area contributed by atoms with E-state index in [0.717, 1.165) is 37.5 Å². The van der Waals surface area contributed by atoms with Gasteiger partial charge in [-0.3, -0.25) is 9.11 Å². The topological polar surface area (TPSA) is 149 Å². The SMILES string of the molecule is CC(C)(C1CCC(O)CC1)C1CCC(O)CC1.CS(=O)(=O)O.CS(=O)(=O)O. The Labute approximate surface area is 163 Å². The number of hydrogen-bond acceptors (Lipinski definition) is 6. The van der Waals surface area contributed by atoms with Crippen LogP contribution in [-0.2, 0) is 20.2 Å². The molecular weight excluding hydrogens is 396 g/mol. The zero-order valence-corrected chi connectivity index (χ0v) is 18.3. The highest BCUT2D eigenvalue weighted by Crippen LogP contribution is 2.48. The number of rotatable bonds is 2. The van der Waals surface area contributed by atoms with E-state index < -0.39 is 20.2 Å². The monoisotopic (exact) mass is 432 g/mol. The van der Waals surface area contributed by atoms with Crippen molar-refractivity contribution in [2.24, 2.45) is 17.3 Å². The Kier molecular flexibility index (Phi) is 11.0. The van der Waals surface area contributed by atoms with Gasteiger partial charge in [-0.25, -0.2) is 0 Å². The Balaban J connectivity index is 0.000000563. The first kappa shape index (κ1) is 26.7. The van der Waals surface area contributed by atoms with Crippen molar-refractivity contribution in [2.75, 3.05) is 12.5 Å². The first-order valence-electron chi connectivity index (χ1n) is 9.21. The maximum absolute atomic E-state index is 9.60. The summed E-state index contributed by atoms with van der Waals surface area (Å²) in [5, 5.41) is 19.2. The predicted molar refractivity (Wildman–Crippen MR) is 105 cm³/mol. The van der Waals surface area contributed by atoms with Crippen LogP contribution < -0.4 is 0 Å². The summed E-state index contributed by atoms with van der Waals surface area (Å²) in [4.78, 5) is 0. The molecule has 8 nitrogen and oxygen atoms in total. The minimum Gasteiger partial charge on any atom is -0.393 e. The van der Waals surface area contributed by atoms with E-state index in [1.807, 2.05) is 0 Å². The van der Waals surface area contributed by atoms with E-state index in [1.165, 1.54) is 25.7 Å². The van der Waals surface area contributed by atoms with Crippen LogP contribution in [-0.4, -0.2) is 60.9 Å². The van der Waals surface area contributed by atoms with Crippen molar-refractivity contribution in [3.8, 4) is 0 Å². The van der Waals surface area contributed by atoms with E-state index in [9.17, 15) is 27.0 Å². The molecular formula is C17H36O8S2. The summed E-state index contributed by atoms with van der Waals surface area (Å²) in [6.45, 7) is 4.83. The van der Waals surface area contributed by atoms with Gasteiger partial charge in [0.25, 0.3) is 20.2 Å². The lowest BCUT2D eigenvalue weighted by atomic mass is 9.60. The van der Waals surface area contributed by atoms with Gasteiger partial charge in [-0.2, -0.15) is 16.8 Å². The summed E-state index contributed by atoms with van der Waals surface area (Å²) < 4.78 is 51.7. The molecule has 10 heteroatoms. The normalized spacial score (nSPS) is 29.6. The molecule has 0 aromatic rings. The first-order valence-corrected chi connectivity index (χ1v) is 12.9.